The van der Waals surface area contributed by atoms with E-state index in [-0.39, 0.29) is 5.82 Å². The van der Waals surface area contributed by atoms with Crippen LogP contribution in [0.2, 0.25) is 0 Å². The van der Waals surface area contributed by atoms with E-state index in [9.17, 15) is 4.39 Å². The Morgan fingerprint density at radius 3 is 2.78 bits per heavy atom. The number of para-hydroxylation sites is 1. The summed E-state index contributed by atoms with van der Waals surface area (Å²) in [6.45, 7) is 0. The smallest absolute Gasteiger partial charge is 0.279 e. The lowest BCUT2D eigenvalue weighted by atomic mass is 10.3. The van der Waals surface area contributed by atoms with Gasteiger partial charge in [0.1, 0.15) is 11.6 Å². The molecule has 3 aromatic rings. The summed E-state index contributed by atoms with van der Waals surface area (Å²) in [6, 6.07) is 12.4. The summed E-state index contributed by atoms with van der Waals surface area (Å²) < 4.78 is 20.4. The van der Waals surface area contributed by atoms with E-state index in [1.807, 2.05) is 24.3 Å². The van der Waals surface area contributed by atoms with Crippen molar-refractivity contribution >= 4 is 37.5 Å². The highest BCUT2D eigenvalue weighted by Crippen LogP contribution is 2.32. The summed E-state index contributed by atoms with van der Waals surface area (Å²) in [4.78, 5) is 4.32. The summed E-state index contributed by atoms with van der Waals surface area (Å²) >= 11 is 4.53. The van der Waals surface area contributed by atoms with Crippen molar-refractivity contribution in [2.75, 3.05) is 0 Å². The van der Waals surface area contributed by atoms with E-state index in [1.54, 1.807) is 12.1 Å². The second-order valence-corrected chi connectivity index (χ2v) is 5.47. The third-order valence-corrected chi connectivity index (χ3v) is 3.93. The average Bonchev–Trinajstić information content (AvgIpc) is 2.76. The fourth-order valence-corrected chi connectivity index (χ4v) is 2.62. The first kappa shape index (κ1) is 11.6. The maximum absolute atomic E-state index is 13.3. The van der Waals surface area contributed by atoms with Gasteiger partial charge in [0.2, 0.25) is 0 Å². The fourth-order valence-electron chi connectivity index (χ4n) is 1.54. The number of hydrogen-bond donors (Lipinski definition) is 0. The molecule has 18 heavy (non-hydrogen) atoms. The van der Waals surface area contributed by atoms with Gasteiger partial charge in [0.05, 0.1) is 14.7 Å². The molecule has 90 valence electrons. The second kappa shape index (κ2) is 4.66. The van der Waals surface area contributed by atoms with Crippen LogP contribution in [0.5, 0.6) is 10.9 Å². The minimum atomic E-state index is -0.353. The van der Waals surface area contributed by atoms with Gasteiger partial charge in [-0.15, -0.1) is 0 Å². The molecule has 0 aliphatic heterocycles. The minimum absolute atomic E-state index is 0.353. The molecule has 0 spiro atoms. The number of aromatic nitrogens is 1. The zero-order chi connectivity index (χ0) is 12.5. The van der Waals surface area contributed by atoms with E-state index in [0.29, 0.717) is 15.4 Å². The zero-order valence-electron chi connectivity index (χ0n) is 9.06. The van der Waals surface area contributed by atoms with Gasteiger partial charge < -0.3 is 4.74 Å². The van der Waals surface area contributed by atoms with E-state index in [4.69, 9.17) is 4.74 Å². The molecule has 0 fully saturated rings. The lowest BCUT2D eigenvalue weighted by Gasteiger charge is -2.01. The van der Waals surface area contributed by atoms with Crippen molar-refractivity contribution in [3.63, 3.8) is 0 Å². The minimum Gasteiger partial charge on any atom is -0.431 e. The molecule has 0 radical (unpaired) electrons. The predicted molar refractivity (Wildman–Crippen MR) is 73.8 cm³/mol. The maximum Gasteiger partial charge on any atom is 0.279 e. The van der Waals surface area contributed by atoms with Gasteiger partial charge in [-0.1, -0.05) is 23.5 Å². The van der Waals surface area contributed by atoms with Crippen LogP contribution in [0.1, 0.15) is 0 Å². The van der Waals surface area contributed by atoms with Gasteiger partial charge in [-0.05, 0) is 40.2 Å². The van der Waals surface area contributed by atoms with Gasteiger partial charge in [0.15, 0.2) is 0 Å². The van der Waals surface area contributed by atoms with Crippen LogP contribution in [0.3, 0.4) is 0 Å². The highest BCUT2D eigenvalue weighted by molar-refractivity contribution is 9.10. The van der Waals surface area contributed by atoms with E-state index < -0.39 is 0 Å². The summed E-state index contributed by atoms with van der Waals surface area (Å²) in [5.41, 5.74) is 0.884. The molecule has 0 saturated heterocycles. The molecular formula is C13H7BrFNOS. The Morgan fingerprint density at radius 2 is 2.00 bits per heavy atom. The Bertz CT molecular complexity index is 680. The van der Waals surface area contributed by atoms with Crippen LogP contribution in [0.4, 0.5) is 4.39 Å². The molecule has 1 aromatic heterocycles. The van der Waals surface area contributed by atoms with Crippen molar-refractivity contribution in [1.29, 1.82) is 0 Å². The molecule has 3 rings (SSSR count). The second-order valence-electron chi connectivity index (χ2n) is 3.63. The van der Waals surface area contributed by atoms with Crippen LogP contribution in [-0.2, 0) is 0 Å². The predicted octanol–water partition coefficient (Wildman–Crippen LogP) is 4.99. The van der Waals surface area contributed by atoms with Crippen LogP contribution in [0, 0.1) is 5.82 Å². The van der Waals surface area contributed by atoms with E-state index in [1.165, 1.54) is 17.4 Å². The highest BCUT2D eigenvalue weighted by atomic mass is 79.9. The van der Waals surface area contributed by atoms with Crippen LogP contribution in [-0.4, -0.2) is 4.98 Å². The molecule has 0 unspecified atom stereocenters. The van der Waals surface area contributed by atoms with E-state index >= 15 is 0 Å². The topological polar surface area (TPSA) is 22.1 Å². The fraction of sp³-hybridized carbons (Fsp3) is 0. The SMILES string of the molecule is Fc1cc(Oc2nc3ccccc3s2)ccc1Br. The first-order valence-electron chi connectivity index (χ1n) is 5.21. The largest absolute Gasteiger partial charge is 0.431 e. The van der Waals surface area contributed by atoms with Crippen LogP contribution in [0.25, 0.3) is 10.2 Å². The Balaban J connectivity index is 1.93. The van der Waals surface area contributed by atoms with Crippen molar-refractivity contribution in [3.05, 3.63) is 52.8 Å². The standard InChI is InChI=1S/C13H7BrFNOS/c14-9-6-5-8(7-10(9)15)17-13-16-11-3-1-2-4-12(11)18-13/h1-7H. The number of ether oxygens (including phenoxy) is 1. The Morgan fingerprint density at radius 1 is 1.17 bits per heavy atom. The number of benzene rings is 2. The number of rotatable bonds is 2. The van der Waals surface area contributed by atoms with Crippen molar-refractivity contribution in [2.45, 2.75) is 0 Å². The monoisotopic (exact) mass is 323 g/mol. The van der Waals surface area contributed by atoms with Gasteiger partial charge in [-0.2, -0.15) is 0 Å². The third-order valence-electron chi connectivity index (χ3n) is 2.37. The average molecular weight is 324 g/mol. The van der Waals surface area contributed by atoms with Crippen LogP contribution < -0.4 is 4.74 Å². The molecule has 0 N–H and O–H groups in total. The van der Waals surface area contributed by atoms with Crippen molar-refractivity contribution in [3.8, 4) is 10.9 Å². The molecular weight excluding hydrogens is 317 g/mol. The Kier molecular flexibility index (Phi) is 3.01. The van der Waals surface area contributed by atoms with Gasteiger partial charge in [0, 0.05) is 6.07 Å². The van der Waals surface area contributed by atoms with Crippen molar-refractivity contribution < 1.29 is 9.13 Å². The third kappa shape index (κ3) is 2.23. The Hall–Kier alpha value is -1.46. The molecule has 1 heterocycles. The maximum atomic E-state index is 13.3. The number of fused-ring (bicyclic) bond motifs is 1. The van der Waals surface area contributed by atoms with Crippen LogP contribution in [0.15, 0.2) is 46.9 Å². The summed E-state index contributed by atoms with van der Waals surface area (Å²) in [5.74, 6) is 0.0865. The van der Waals surface area contributed by atoms with Gasteiger partial charge in [-0.3, -0.25) is 0 Å². The van der Waals surface area contributed by atoms with E-state index in [0.717, 1.165) is 10.2 Å². The normalized spacial score (nSPS) is 10.8. The molecule has 2 nitrogen and oxygen atoms in total. The van der Waals surface area contributed by atoms with Gasteiger partial charge in [0.25, 0.3) is 5.19 Å². The zero-order valence-corrected chi connectivity index (χ0v) is 11.5. The number of halogens is 2. The van der Waals surface area contributed by atoms with Crippen molar-refractivity contribution in [1.82, 2.24) is 4.98 Å². The van der Waals surface area contributed by atoms with Gasteiger partial charge in [-0.25, -0.2) is 9.37 Å². The first-order valence-corrected chi connectivity index (χ1v) is 6.82. The number of nitrogens with zero attached hydrogens (tertiary/aromatic N) is 1. The van der Waals surface area contributed by atoms with E-state index in [2.05, 4.69) is 20.9 Å². The summed E-state index contributed by atoms with van der Waals surface area (Å²) in [5, 5.41) is 0.512. The van der Waals surface area contributed by atoms with Gasteiger partial charge >= 0.3 is 0 Å². The quantitative estimate of drug-likeness (QED) is 0.662. The summed E-state index contributed by atoms with van der Waals surface area (Å²) in [6.07, 6.45) is 0. The molecule has 0 saturated carbocycles. The molecule has 0 atom stereocenters. The molecule has 0 aliphatic rings. The molecule has 0 aliphatic carbocycles. The molecule has 2 aromatic carbocycles. The van der Waals surface area contributed by atoms with Crippen LogP contribution >= 0.6 is 27.3 Å². The molecule has 0 amide bonds. The summed E-state index contributed by atoms with van der Waals surface area (Å²) in [7, 11) is 0. The highest BCUT2D eigenvalue weighted by Gasteiger charge is 2.07. The van der Waals surface area contributed by atoms with Crippen molar-refractivity contribution in [2.24, 2.45) is 0 Å². The molecule has 5 heteroatoms. The molecule has 0 bridgehead atoms. The number of thiazole rings is 1. The first-order chi connectivity index (χ1) is 8.72. The lowest BCUT2D eigenvalue weighted by Crippen LogP contribution is -1.85. The lowest BCUT2D eigenvalue weighted by molar-refractivity contribution is 0.474. The number of hydrogen-bond acceptors (Lipinski definition) is 3. The Labute approximate surface area is 115 Å².